The van der Waals surface area contributed by atoms with E-state index in [2.05, 4.69) is 6.92 Å². The van der Waals surface area contributed by atoms with Crippen LogP contribution >= 0.6 is 0 Å². The van der Waals surface area contributed by atoms with Gasteiger partial charge in [0.2, 0.25) is 0 Å². The molecule has 1 atom stereocenters. The molecule has 0 aliphatic carbocycles. The number of unbranched alkanes of at least 4 members (excludes halogenated alkanes) is 6. The first-order valence-electron chi connectivity index (χ1n) is 7.49. The van der Waals surface area contributed by atoms with E-state index in [-0.39, 0.29) is 0 Å². The molecular weight excluding hydrogens is 242 g/mol. The minimum Gasteiger partial charge on any atom is -0.443 e. The molecule has 1 amide bonds. The minimum atomic E-state index is -0.694. The number of carbonyl (C=O) groups is 1. The number of rotatable bonds is 11. The third-order valence-corrected chi connectivity index (χ3v) is 3.85. The molecule has 0 rings (SSSR count). The Hall–Kier alpha value is -0.770. The number of carbonyl (C=O) groups excluding carboxylic acids is 1. The summed E-state index contributed by atoms with van der Waals surface area (Å²) < 4.78 is 5.14. The van der Waals surface area contributed by atoms with Crippen LogP contribution in [-0.2, 0) is 4.74 Å². The lowest BCUT2D eigenvalue weighted by atomic mass is 9.87. The van der Waals surface area contributed by atoms with Crippen LogP contribution in [0.15, 0.2) is 0 Å². The quantitative estimate of drug-likeness (QED) is 0.565. The number of amides is 1. The zero-order valence-electron chi connectivity index (χ0n) is 12.8. The zero-order valence-corrected chi connectivity index (χ0v) is 12.8. The number of hydrogen-bond donors (Lipinski definition) is 2. The molecule has 0 saturated carbocycles. The molecule has 0 aromatic rings. The van der Waals surface area contributed by atoms with E-state index in [9.17, 15) is 4.79 Å². The molecule has 0 saturated heterocycles. The van der Waals surface area contributed by atoms with Gasteiger partial charge in [-0.2, -0.15) is 0 Å². The van der Waals surface area contributed by atoms with Crippen LogP contribution in [0.1, 0.15) is 72.1 Å². The maximum atomic E-state index is 10.8. The van der Waals surface area contributed by atoms with Gasteiger partial charge in [-0.1, -0.05) is 45.4 Å². The van der Waals surface area contributed by atoms with Crippen LogP contribution in [0, 0.1) is 5.92 Å². The fourth-order valence-electron chi connectivity index (χ4n) is 2.15. The molecule has 114 valence electrons. The molecule has 4 nitrogen and oxygen atoms in total. The normalized spacial score (nSPS) is 13.3. The molecule has 0 aromatic carbocycles. The second-order valence-corrected chi connectivity index (χ2v) is 5.91. The summed E-state index contributed by atoms with van der Waals surface area (Å²) in [5, 5.41) is 8.66. The van der Waals surface area contributed by atoms with Crippen molar-refractivity contribution in [1.29, 1.82) is 0 Å². The van der Waals surface area contributed by atoms with Gasteiger partial charge in [0.05, 0.1) is 0 Å². The smallest absolute Gasteiger partial charge is 0.405 e. The minimum absolute atomic E-state index is 0.312. The third kappa shape index (κ3) is 9.77. The molecular formula is C15H31NO3. The van der Waals surface area contributed by atoms with Crippen molar-refractivity contribution in [2.75, 3.05) is 6.61 Å². The molecule has 4 heteroatoms. The SMILES string of the molecule is CC(CCCCCCCCCO)C(C)(C)OC(N)=O. The Balaban J connectivity index is 3.57. The standard InChI is InChI=1S/C15H31NO3/c1-13(15(2,3)19-14(16)18)11-9-7-5-4-6-8-10-12-17/h13,17H,4-12H2,1-3H3,(H2,16,18). The monoisotopic (exact) mass is 273 g/mol. The third-order valence-electron chi connectivity index (χ3n) is 3.85. The highest BCUT2D eigenvalue weighted by Crippen LogP contribution is 2.26. The Kier molecular flexibility index (Phi) is 9.66. The summed E-state index contributed by atoms with van der Waals surface area (Å²) in [5.41, 5.74) is 4.59. The van der Waals surface area contributed by atoms with Crippen LogP contribution in [0.3, 0.4) is 0 Å². The van der Waals surface area contributed by atoms with Crippen LogP contribution in [-0.4, -0.2) is 23.4 Å². The van der Waals surface area contributed by atoms with Gasteiger partial charge in [-0.25, -0.2) is 4.79 Å². The van der Waals surface area contributed by atoms with Crippen molar-refractivity contribution in [2.24, 2.45) is 11.7 Å². The van der Waals surface area contributed by atoms with Gasteiger partial charge in [0.1, 0.15) is 5.60 Å². The van der Waals surface area contributed by atoms with Gasteiger partial charge in [-0.05, 0) is 32.6 Å². The highest BCUT2D eigenvalue weighted by atomic mass is 16.6. The lowest BCUT2D eigenvalue weighted by molar-refractivity contribution is 0.00121. The number of aliphatic hydroxyl groups excluding tert-OH is 1. The first-order chi connectivity index (χ1) is 8.90. The average molecular weight is 273 g/mol. The Labute approximate surface area is 117 Å². The van der Waals surface area contributed by atoms with Gasteiger partial charge in [0.25, 0.3) is 0 Å². The summed E-state index contributed by atoms with van der Waals surface area (Å²) in [6, 6.07) is 0. The molecule has 0 fully saturated rings. The summed E-state index contributed by atoms with van der Waals surface area (Å²) in [5.74, 6) is 0.314. The van der Waals surface area contributed by atoms with Crippen molar-refractivity contribution in [2.45, 2.75) is 77.7 Å². The van der Waals surface area contributed by atoms with Gasteiger partial charge in [-0.15, -0.1) is 0 Å². The molecule has 0 aromatic heterocycles. The van der Waals surface area contributed by atoms with E-state index in [1.54, 1.807) is 0 Å². The first kappa shape index (κ1) is 18.2. The van der Waals surface area contributed by atoms with Crippen LogP contribution in [0.5, 0.6) is 0 Å². The molecule has 0 radical (unpaired) electrons. The van der Waals surface area contributed by atoms with Crippen LogP contribution in [0.4, 0.5) is 4.79 Å². The highest BCUT2D eigenvalue weighted by Gasteiger charge is 2.28. The maximum absolute atomic E-state index is 10.8. The lowest BCUT2D eigenvalue weighted by Crippen LogP contribution is -2.37. The van der Waals surface area contributed by atoms with Crippen LogP contribution in [0.25, 0.3) is 0 Å². The van der Waals surface area contributed by atoms with E-state index in [0.29, 0.717) is 12.5 Å². The molecule has 0 aliphatic heterocycles. The zero-order chi connectivity index (χ0) is 14.7. The van der Waals surface area contributed by atoms with Gasteiger partial charge in [0, 0.05) is 6.61 Å². The maximum Gasteiger partial charge on any atom is 0.405 e. The number of aliphatic hydroxyl groups is 1. The Morgan fingerprint density at radius 2 is 1.58 bits per heavy atom. The largest absolute Gasteiger partial charge is 0.443 e. The number of ether oxygens (including phenoxy) is 1. The van der Waals surface area contributed by atoms with E-state index < -0.39 is 11.7 Å². The Morgan fingerprint density at radius 3 is 2.05 bits per heavy atom. The summed E-state index contributed by atoms with van der Waals surface area (Å²) in [4.78, 5) is 10.8. The van der Waals surface area contributed by atoms with Crippen molar-refractivity contribution in [3.8, 4) is 0 Å². The number of primary amides is 1. The lowest BCUT2D eigenvalue weighted by Gasteiger charge is -2.30. The summed E-state index contributed by atoms with van der Waals surface area (Å²) in [6.07, 6.45) is 8.50. The molecule has 0 aliphatic rings. The van der Waals surface area contributed by atoms with Gasteiger partial charge < -0.3 is 15.6 Å². The second kappa shape index (κ2) is 10.1. The van der Waals surface area contributed by atoms with Gasteiger partial charge in [0.15, 0.2) is 0 Å². The van der Waals surface area contributed by atoms with E-state index in [0.717, 1.165) is 25.7 Å². The molecule has 0 bridgehead atoms. The van der Waals surface area contributed by atoms with E-state index in [1.807, 2.05) is 13.8 Å². The van der Waals surface area contributed by atoms with Crippen molar-refractivity contribution >= 4 is 6.09 Å². The second-order valence-electron chi connectivity index (χ2n) is 5.91. The Morgan fingerprint density at radius 1 is 1.11 bits per heavy atom. The van der Waals surface area contributed by atoms with Crippen molar-refractivity contribution in [3.63, 3.8) is 0 Å². The molecule has 19 heavy (non-hydrogen) atoms. The Bertz CT molecular complexity index is 242. The van der Waals surface area contributed by atoms with Crippen LogP contribution in [0.2, 0.25) is 0 Å². The van der Waals surface area contributed by atoms with Crippen molar-refractivity contribution < 1.29 is 14.6 Å². The number of hydrogen-bond acceptors (Lipinski definition) is 3. The van der Waals surface area contributed by atoms with Crippen molar-refractivity contribution in [1.82, 2.24) is 0 Å². The predicted octanol–water partition coefficient (Wildman–Crippen LogP) is 3.61. The first-order valence-corrected chi connectivity index (χ1v) is 7.49. The summed E-state index contributed by atoms with van der Waals surface area (Å²) in [7, 11) is 0. The number of nitrogens with two attached hydrogens (primary N) is 1. The predicted molar refractivity (Wildman–Crippen MR) is 77.9 cm³/mol. The molecule has 1 unspecified atom stereocenters. The molecule has 0 spiro atoms. The van der Waals surface area contributed by atoms with E-state index in [1.165, 1.54) is 25.7 Å². The van der Waals surface area contributed by atoms with E-state index >= 15 is 0 Å². The fourth-order valence-corrected chi connectivity index (χ4v) is 2.15. The van der Waals surface area contributed by atoms with Crippen molar-refractivity contribution in [3.05, 3.63) is 0 Å². The summed E-state index contributed by atoms with van der Waals surface area (Å²) >= 11 is 0. The van der Waals surface area contributed by atoms with Gasteiger partial charge >= 0.3 is 6.09 Å². The topological polar surface area (TPSA) is 72.6 Å². The highest BCUT2D eigenvalue weighted by molar-refractivity contribution is 5.65. The average Bonchev–Trinajstić information content (AvgIpc) is 2.30. The van der Waals surface area contributed by atoms with Gasteiger partial charge in [-0.3, -0.25) is 0 Å². The molecule has 3 N–H and O–H groups in total. The molecule has 0 heterocycles. The van der Waals surface area contributed by atoms with E-state index in [4.69, 9.17) is 15.6 Å². The van der Waals surface area contributed by atoms with Crippen LogP contribution < -0.4 is 5.73 Å². The summed E-state index contributed by atoms with van der Waals surface area (Å²) in [6.45, 7) is 6.24. The fraction of sp³-hybridized carbons (Fsp3) is 0.933.